The SMILES string of the molecule is C[C@H](OC(=O)Cc1coc2cc3c(cc12)CCC3)C(N)=O. The number of benzene rings is 1. The molecule has 0 unspecified atom stereocenters. The molecule has 1 aliphatic carbocycles. The number of amides is 1. The lowest BCUT2D eigenvalue weighted by Gasteiger charge is -2.08. The molecule has 0 aliphatic heterocycles. The molecule has 1 heterocycles. The van der Waals surface area contributed by atoms with Crippen molar-refractivity contribution in [1.82, 2.24) is 0 Å². The zero-order chi connectivity index (χ0) is 15.0. The average Bonchev–Trinajstić information content (AvgIpc) is 3.03. The van der Waals surface area contributed by atoms with Gasteiger partial charge in [0.2, 0.25) is 0 Å². The van der Waals surface area contributed by atoms with Gasteiger partial charge < -0.3 is 14.9 Å². The number of ether oxygens (including phenoxy) is 1. The predicted octanol–water partition coefficient (Wildman–Crippen LogP) is 1.88. The fraction of sp³-hybridized carbons (Fsp3) is 0.375. The highest BCUT2D eigenvalue weighted by molar-refractivity contribution is 5.88. The molecule has 2 N–H and O–H groups in total. The number of hydrogen-bond acceptors (Lipinski definition) is 4. The maximum absolute atomic E-state index is 11.8. The third-order valence-corrected chi connectivity index (χ3v) is 3.91. The number of carbonyl (C=O) groups excluding carboxylic acids is 2. The van der Waals surface area contributed by atoms with Gasteiger partial charge in [-0.15, -0.1) is 0 Å². The number of fused-ring (bicyclic) bond motifs is 2. The highest BCUT2D eigenvalue weighted by Crippen LogP contribution is 2.30. The maximum Gasteiger partial charge on any atom is 0.311 e. The van der Waals surface area contributed by atoms with Crippen molar-refractivity contribution in [2.24, 2.45) is 5.73 Å². The Labute approximate surface area is 122 Å². The number of esters is 1. The molecule has 0 saturated heterocycles. The molecule has 1 aromatic heterocycles. The summed E-state index contributed by atoms with van der Waals surface area (Å²) in [6.07, 6.45) is 4.05. The van der Waals surface area contributed by atoms with Crippen LogP contribution >= 0.6 is 0 Å². The van der Waals surface area contributed by atoms with Crippen LogP contribution < -0.4 is 5.73 Å². The molecular weight excluding hydrogens is 270 g/mol. The van der Waals surface area contributed by atoms with E-state index in [2.05, 4.69) is 12.1 Å². The summed E-state index contributed by atoms with van der Waals surface area (Å²) in [5.74, 6) is -1.14. The summed E-state index contributed by atoms with van der Waals surface area (Å²) in [7, 11) is 0. The first kappa shape index (κ1) is 13.7. The molecule has 5 heteroatoms. The second-order valence-electron chi connectivity index (χ2n) is 5.44. The Morgan fingerprint density at radius 1 is 1.33 bits per heavy atom. The van der Waals surface area contributed by atoms with Crippen LogP contribution in [0.4, 0.5) is 0 Å². The molecule has 1 atom stereocenters. The molecule has 2 aromatic rings. The van der Waals surface area contributed by atoms with Crippen LogP contribution in [-0.4, -0.2) is 18.0 Å². The van der Waals surface area contributed by atoms with Crippen LogP contribution in [-0.2, 0) is 33.6 Å². The molecule has 0 bridgehead atoms. The lowest BCUT2D eigenvalue weighted by molar-refractivity contribution is -0.153. The van der Waals surface area contributed by atoms with E-state index >= 15 is 0 Å². The third-order valence-electron chi connectivity index (χ3n) is 3.91. The van der Waals surface area contributed by atoms with Gasteiger partial charge in [-0.25, -0.2) is 0 Å². The van der Waals surface area contributed by atoms with Crippen LogP contribution in [0.3, 0.4) is 0 Å². The summed E-state index contributed by atoms with van der Waals surface area (Å²) in [5.41, 5.74) is 9.30. The van der Waals surface area contributed by atoms with E-state index in [-0.39, 0.29) is 6.42 Å². The molecule has 3 rings (SSSR count). The number of furan rings is 1. The second kappa shape index (κ2) is 5.24. The van der Waals surface area contributed by atoms with Crippen molar-refractivity contribution >= 4 is 22.8 Å². The number of nitrogens with two attached hydrogens (primary N) is 1. The summed E-state index contributed by atoms with van der Waals surface area (Å²) >= 11 is 0. The van der Waals surface area contributed by atoms with Crippen molar-refractivity contribution in [3.63, 3.8) is 0 Å². The van der Waals surface area contributed by atoms with Crippen molar-refractivity contribution in [2.75, 3.05) is 0 Å². The number of carbonyl (C=O) groups is 2. The summed E-state index contributed by atoms with van der Waals surface area (Å²) in [6.45, 7) is 1.46. The summed E-state index contributed by atoms with van der Waals surface area (Å²) < 4.78 is 10.5. The number of rotatable bonds is 4. The lowest BCUT2D eigenvalue weighted by Crippen LogP contribution is -2.30. The fourth-order valence-electron chi connectivity index (χ4n) is 2.74. The largest absolute Gasteiger partial charge is 0.464 e. The van der Waals surface area contributed by atoms with Gasteiger partial charge in [0.15, 0.2) is 6.10 Å². The molecule has 21 heavy (non-hydrogen) atoms. The monoisotopic (exact) mass is 287 g/mol. The van der Waals surface area contributed by atoms with Crippen LogP contribution in [0.15, 0.2) is 22.8 Å². The highest BCUT2D eigenvalue weighted by Gasteiger charge is 2.19. The first-order chi connectivity index (χ1) is 10.0. The van der Waals surface area contributed by atoms with Crippen molar-refractivity contribution in [1.29, 1.82) is 0 Å². The standard InChI is InChI=1S/C16H17NO4/c1-9(16(17)19)21-15(18)7-12-8-20-14-6-11-4-2-3-10(11)5-13(12)14/h5-6,8-9H,2-4,7H2,1H3,(H2,17,19)/t9-/m0/s1. The number of aryl methyl sites for hydroxylation is 2. The van der Waals surface area contributed by atoms with Gasteiger partial charge in [0.1, 0.15) is 5.58 Å². The third kappa shape index (κ3) is 2.63. The van der Waals surface area contributed by atoms with E-state index in [1.54, 1.807) is 6.26 Å². The molecule has 1 aliphatic rings. The summed E-state index contributed by atoms with van der Waals surface area (Å²) in [4.78, 5) is 22.7. The molecule has 1 amide bonds. The van der Waals surface area contributed by atoms with Crippen molar-refractivity contribution in [3.05, 3.63) is 35.1 Å². The number of hydrogen-bond donors (Lipinski definition) is 1. The Bertz CT molecular complexity index is 716. The van der Waals surface area contributed by atoms with E-state index < -0.39 is 18.0 Å². The number of primary amides is 1. The molecule has 0 radical (unpaired) electrons. The zero-order valence-electron chi connectivity index (χ0n) is 11.8. The smallest absolute Gasteiger partial charge is 0.311 e. The first-order valence-corrected chi connectivity index (χ1v) is 7.05. The molecule has 1 aromatic carbocycles. The van der Waals surface area contributed by atoms with E-state index in [0.717, 1.165) is 35.8 Å². The van der Waals surface area contributed by atoms with E-state index in [1.807, 2.05) is 0 Å². The Balaban J connectivity index is 1.81. The van der Waals surface area contributed by atoms with Crippen molar-refractivity contribution in [2.45, 2.75) is 38.7 Å². The summed E-state index contributed by atoms with van der Waals surface area (Å²) in [6, 6.07) is 4.15. The van der Waals surface area contributed by atoms with E-state index in [9.17, 15) is 9.59 Å². The van der Waals surface area contributed by atoms with Crippen LogP contribution in [0.5, 0.6) is 0 Å². The van der Waals surface area contributed by atoms with Crippen LogP contribution in [0, 0.1) is 0 Å². The molecule has 110 valence electrons. The Morgan fingerprint density at radius 3 is 2.76 bits per heavy atom. The second-order valence-corrected chi connectivity index (χ2v) is 5.44. The zero-order valence-corrected chi connectivity index (χ0v) is 11.8. The minimum Gasteiger partial charge on any atom is -0.464 e. The average molecular weight is 287 g/mol. The molecule has 0 saturated carbocycles. The predicted molar refractivity (Wildman–Crippen MR) is 76.7 cm³/mol. The minimum absolute atomic E-state index is 0.0728. The first-order valence-electron chi connectivity index (χ1n) is 7.05. The highest BCUT2D eigenvalue weighted by atomic mass is 16.5. The fourth-order valence-corrected chi connectivity index (χ4v) is 2.74. The van der Waals surface area contributed by atoms with Gasteiger partial charge in [0.25, 0.3) is 5.91 Å². The Kier molecular flexibility index (Phi) is 3.41. The van der Waals surface area contributed by atoms with Crippen molar-refractivity contribution < 1.29 is 18.7 Å². The van der Waals surface area contributed by atoms with Gasteiger partial charge in [-0.3, -0.25) is 9.59 Å². The van der Waals surface area contributed by atoms with Gasteiger partial charge >= 0.3 is 5.97 Å². The molecule has 0 spiro atoms. The van der Waals surface area contributed by atoms with Crippen LogP contribution in [0.25, 0.3) is 11.0 Å². The Morgan fingerprint density at radius 2 is 2.05 bits per heavy atom. The van der Waals surface area contributed by atoms with E-state index in [0.29, 0.717) is 0 Å². The van der Waals surface area contributed by atoms with Crippen LogP contribution in [0.1, 0.15) is 30.0 Å². The Hall–Kier alpha value is -2.30. The van der Waals surface area contributed by atoms with Gasteiger partial charge in [0, 0.05) is 10.9 Å². The van der Waals surface area contributed by atoms with Gasteiger partial charge in [0.05, 0.1) is 12.7 Å². The maximum atomic E-state index is 11.8. The molecule has 0 fully saturated rings. The molecular formula is C16H17NO4. The normalized spacial score (nSPS) is 14.9. The summed E-state index contributed by atoms with van der Waals surface area (Å²) in [5, 5.41) is 0.944. The quantitative estimate of drug-likeness (QED) is 0.870. The minimum atomic E-state index is -0.917. The van der Waals surface area contributed by atoms with E-state index in [1.165, 1.54) is 18.1 Å². The van der Waals surface area contributed by atoms with Gasteiger partial charge in [-0.1, -0.05) is 0 Å². The van der Waals surface area contributed by atoms with E-state index in [4.69, 9.17) is 14.9 Å². The van der Waals surface area contributed by atoms with Crippen LogP contribution in [0.2, 0.25) is 0 Å². The van der Waals surface area contributed by atoms with Crippen molar-refractivity contribution in [3.8, 4) is 0 Å². The topological polar surface area (TPSA) is 82.5 Å². The van der Waals surface area contributed by atoms with Gasteiger partial charge in [-0.2, -0.15) is 0 Å². The van der Waals surface area contributed by atoms with Gasteiger partial charge in [-0.05, 0) is 49.4 Å². The lowest BCUT2D eigenvalue weighted by atomic mass is 10.0. The molecule has 5 nitrogen and oxygen atoms in total.